The molecular formula is C13H16O3. The number of benzene rings is 1. The maximum Gasteiger partial charge on any atom is 0.173 e. The smallest absolute Gasteiger partial charge is 0.173 e. The molecule has 1 saturated carbocycles. The van der Waals surface area contributed by atoms with Crippen molar-refractivity contribution >= 4 is 5.78 Å². The number of carbonyl (C=O) groups is 1. The molecule has 1 aromatic rings. The summed E-state index contributed by atoms with van der Waals surface area (Å²) in [5, 5.41) is 0. The maximum absolute atomic E-state index is 11.6. The van der Waals surface area contributed by atoms with Crippen LogP contribution in [0.2, 0.25) is 0 Å². The van der Waals surface area contributed by atoms with Crippen LogP contribution in [0.3, 0.4) is 0 Å². The molecular weight excluding hydrogens is 204 g/mol. The van der Waals surface area contributed by atoms with E-state index in [1.807, 2.05) is 24.3 Å². The van der Waals surface area contributed by atoms with Crippen molar-refractivity contribution in [3.63, 3.8) is 0 Å². The molecule has 2 rings (SSSR count). The van der Waals surface area contributed by atoms with Crippen molar-refractivity contribution < 1.29 is 14.3 Å². The molecule has 0 saturated heterocycles. The molecule has 0 aliphatic heterocycles. The Labute approximate surface area is 95.4 Å². The Morgan fingerprint density at radius 2 is 1.94 bits per heavy atom. The van der Waals surface area contributed by atoms with E-state index in [0.717, 1.165) is 19.3 Å². The van der Waals surface area contributed by atoms with Crippen molar-refractivity contribution in [3.8, 4) is 11.5 Å². The van der Waals surface area contributed by atoms with Crippen molar-refractivity contribution in [2.75, 3.05) is 7.11 Å². The van der Waals surface area contributed by atoms with Gasteiger partial charge in [-0.05, 0) is 31.4 Å². The summed E-state index contributed by atoms with van der Waals surface area (Å²) in [5.74, 6) is 1.54. The molecule has 0 aromatic heterocycles. The fourth-order valence-corrected chi connectivity index (χ4v) is 1.95. The number of rotatable bonds is 3. The summed E-state index contributed by atoms with van der Waals surface area (Å²) in [5.41, 5.74) is 0. The highest BCUT2D eigenvalue weighted by atomic mass is 16.5. The van der Waals surface area contributed by atoms with E-state index in [1.54, 1.807) is 7.11 Å². The minimum absolute atomic E-state index is 0.206. The summed E-state index contributed by atoms with van der Waals surface area (Å²) in [6, 6.07) is 7.43. The highest BCUT2D eigenvalue weighted by Crippen LogP contribution is 2.29. The number of Topliss-reactive ketones (excluding diaryl/α,β-unsaturated/α-hetero) is 1. The predicted octanol–water partition coefficient (Wildman–Crippen LogP) is 2.59. The Bertz CT molecular complexity index is 373. The van der Waals surface area contributed by atoms with E-state index in [0.29, 0.717) is 17.9 Å². The second-order valence-electron chi connectivity index (χ2n) is 3.97. The highest BCUT2D eigenvalue weighted by molar-refractivity contribution is 5.84. The van der Waals surface area contributed by atoms with Crippen LogP contribution in [0.25, 0.3) is 0 Å². The first kappa shape index (κ1) is 11.0. The summed E-state index contributed by atoms with van der Waals surface area (Å²) in [7, 11) is 1.60. The van der Waals surface area contributed by atoms with E-state index in [2.05, 4.69) is 0 Å². The van der Waals surface area contributed by atoms with Crippen molar-refractivity contribution in [2.24, 2.45) is 0 Å². The van der Waals surface area contributed by atoms with Gasteiger partial charge in [-0.3, -0.25) is 4.79 Å². The molecule has 86 valence electrons. The summed E-state index contributed by atoms with van der Waals surface area (Å²) >= 11 is 0. The molecule has 1 aliphatic rings. The van der Waals surface area contributed by atoms with Gasteiger partial charge in [0.05, 0.1) is 7.11 Å². The molecule has 3 nitrogen and oxygen atoms in total. The van der Waals surface area contributed by atoms with Gasteiger partial charge in [-0.1, -0.05) is 12.1 Å². The van der Waals surface area contributed by atoms with E-state index < -0.39 is 0 Å². The molecule has 0 heterocycles. The van der Waals surface area contributed by atoms with Crippen molar-refractivity contribution in [1.82, 2.24) is 0 Å². The normalized spacial score (nSPS) is 20.6. The van der Waals surface area contributed by atoms with Crippen molar-refractivity contribution in [1.29, 1.82) is 0 Å². The van der Waals surface area contributed by atoms with Crippen LogP contribution < -0.4 is 9.47 Å². The molecule has 0 radical (unpaired) electrons. The third-order valence-electron chi connectivity index (χ3n) is 2.84. The number of ketones is 1. The maximum atomic E-state index is 11.6. The Kier molecular flexibility index (Phi) is 3.44. The lowest BCUT2D eigenvalue weighted by Gasteiger charge is -2.22. The topological polar surface area (TPSA) is 35.5 Å². The first-order chi connectivity index (χ1) is 7.81. The lowest BCUT2D eigenvalue weighted by atomic mass is 9.96. The molecule has 1 aliphatic carbocycles. The molecule has 1 fully saturated rings. The fourth-order valence-electron chi connectivity index (χ4n) is 1.95. The number of hydrogen-bond acceptors (Lipinski definition) is 3. The van der Waals surface area contributed by atoms with E-state index in [4.69, 9.17) is 9.47 Å². The van der Waals surface area contributed by atoms with E-state index in [1.165, 1.54) is 0 Å². The summed E-state index contributed by atoms with van der Waals surface area (Å²) < 4.78 is 10.9. The zero-order chi connectivity index (χ0) is 11.4. The Hall–Kier alpha value is -1.51. The Morgan fingerprint density at radius 3 is 2.62 bits per heavy atom. The van der Waals surface area contributed by atoms with Crippen LogP contribution in [0, 0.1) is 0 Å². The molecule has 16 heavy (non-hydrogen) atoms. The van der Waals surface area contributed by atoms with Crippen LogP contribution in [0.5, 0.6) is 11.5 Å². The monoisotopic (exact) mass is 220 g/mol. The zero-order valence-corrected chi connectivity index (χ0v) is 9.44. The zero-order valence-electron chi connectivity index (χ0n) is 9.44. The van der Waals surface area contributed by atoms with E-state index in [9.17, 15) is 4.79 Å². The molecule has 1 aromatic carbocycles. The number of para-hydroxylation sites is 2. The van der Waals surface area contributed by atoms with Gasteiger partial charge in [-0.25, -0.2) is 0 Å². The van der Waals surface area contributed by atoms with E-state index in [-0.39, 0.29) is 11.9 Å². The van der Waals surface area contributed by atoms with Gasteiger partial charge in [0.1, 0.15) is 0 Å². The molecule has 0 amide bonds. The first-order valence-corrected chi connectivity index (χ1v) is 5.63. The molecule has 0 spiro atoms. The molecule has 0 bridgehead atoms. The Morgan fingerprint density at radius 1 is 1.19 bits per heavy atom. The van der Waals surface area contributed by atoms with Gasteiger partial charge in [0.2, 0.25) is 0 Å². The van der Waals surface area contributed by atoms with Gasteiger partial charge >= 0.3 is 0 Å². The van der Waals surface area contributed by atoms with Crippen molar-refractivity contribution in [2.45, 2.75) is 31.8 Å². The average Bonchev–Trinajstić information content (AvgIpc) is 2.33. The largest absolute Gasteiger partial charge is 0.493 e. The van der Waals surface area contributed by atoms with Crippen LogP contribution in [-0.4, -0.2) is 19.0 Å². The molecule has 3 heteroatoms. The van der Waals surface area contributed by atoms with Gasteiger partial charge in [0.15, 0.2) is 23.4 Å². The van der Waals surface area contributed by atoms with Gasteiger partial charge < -0.3 is 9.47 Å². The highest BCUT2D eigenvalue weighted by Gasteiger charge is 2.24. The summed E-state index contributed by atoms with van der Waals surface area (Å²) in [6.07, 6.45) is 3.22. The number of ether oxygens (including phenoxy) is 2. The third kappa shape index (κ3) is 2.35. The molecule has 1 atom stereocenters. The number of carbonyl (C=O) groups excluding carboxylic acids is 1. The molecule has 0 N–H and O–H groups in total. The summed E-state index contributed by atoms with van der Waals surface area (Å²) in [6.45, 7) is 0. The fraction of sp³-hybridized carbons (Fsp3) is 0.462. The number of methoxy groups -OCH3 is 1. The third-order valence-corrected chi connectivity index (χ3v) is 2.84. The van der Waals surface area contributed by atoms with Gasteiger partial charge in [-0.15, -0.1) is 0 Å². The lowest BCUT2D eigenvalue weighted by Crippen LogP contribution is -2.30. The predicted molar refractivity (Wildman–Crippen MR) is 60.9 cm³/mol. The average molecular weight is 220 g/mol. The van der Waals surface area contributed by atoms with Crippen LogP contribution in [0.15, 0.2) is 24.3 Å². The van der Waals surface area contributed by atoms with Crippen LogP contribution in [0.4, 0.5) is 0 Å². The van der Waals surface area contributed by atoms with Gasteiger partial charge in [0, 0.05) is 6.42 Å². The van der Waals surface area contributed by atoms with Crippen LogP contribution in [-0.2, 0) is 4.79 Å². The van der Waals surface area contributed by atoms with Gasteiger partial charge in [-0.2, -0.15) is 0 Å². The first-order valence-electron chi connectivity index (χ1n) is 5.63. The lowest BCUT2D eigenvalue weighted by molar-refractivity contribution is -0.127. The molecule has 0 unspecified atom stereocenters. The second-order valence-corrected chi connectivity index (χ2v) is 3.97. The summed E-state index contributed by atoms with van der Waals surface area (Å²) in [4.78, 5) is 11.6. The van der Waals surface area contributed by atoms with Crippen molar-refractivity contribution in [3.05, 3.63) is 24.3 Å². The SMILES string of the molecule is COc1ccccc1O[C@H]1CCCCC1=O. The quantitative estimate of drug-likeness (QED) is 0.785. The van der Waals surface area contributed by atoms with Gasteiger partial charge in [0.25, 0.3) is 0 Å². The van der Waals surface area contributed by atoms with E-state index >= 15 is 0 Å². The minimum atomic E-state index is -0.287. The Balaban J connectivity index is 2.10. The number of hydrogen-bond donors (Lipinski definition) is 0. The van der Waals surface area contributed by atoms with Crippen LogP contribution >= 0.6 is 0 Å². The standard InChI is InChI=1S/C13H16O3/c1-15-12-8-4-5-9-13(12)16-11-7-3-2-6-10(11)14/h4-5,8-9,11H,2-3,6-7H2,1H3/t11-/m0/s1. The van der Waals surface area contributed by atoms with Crippen LogP contribution in [0.1, 0.15) is 25.7 Å². The second kappa shape index (κ2) is 5.01. The minimum Gasteiger partial charge on any atom is -0.493 e.